The maximum Gasteiger partial charge on any atom is 0.306 e. The van der Waals surface area contributed by atoms with Crippen LogP contribution in [0.4, 0.5) is 11.4 Å². The molecular weight excluding hydrogens is 344 g/mol. The molecule has 1 aliphatic rings. The molecule has 0 aromatic heterocycles. The molecule has 1 aliphatic heterocycles. The van der Waals surface area contributed by atoms with Gasteiger partial charge in [0, 0.05) is 0 Å². The second-order valence-corrected chi connectivity index (χ2v) is 7.55. The zero-order valence-corrected chi connectivity index (χ0v) is 14.2. The number of carbonyl (C=O) groups is 2. The average Bonchev–Trinajstić information content (AvgIpc) is 2.55. The normalized spacial score (nSPS) is 16.9. The molecule has 0 radical (unpaired) electrons. The smallest absolute Gasteiger partial charge is 0.306 e. The van der Waals surface area contributed by atoms with Gasteiger partial charge < -0.3 is 10.4 Å². The molecule has 130 valence electrons. The lowest BCUT2D eigenvalue weighted by molar-refractivity contribution is -0.138. The fourth-order valence-electron chi connectivity index (χ4n) is 2.72. The summed E-state index contributed by atoms with van der Waals surface area (Å²) in [5.74, 6) is -1.93. The number of anilines is 2. The molecule has 7 nitrogen and oxygen atoms in total. The lowest BCUT2D eigenvalue weighted by atomic mass is 10.1. The largest absolute Gasteiger partial charge is 0.481 e. The number of carbonyl (C=O) groups excluding carboxylic acids is 1. The minimum atomic E-state index is -4.11. The highest BCUT2D eigenvalue weighted by Gasteiger charge is 2.41. The van der Waals surface area contributed by atoms with Crippen LogP contribution in [0.5, 0.6) is 0 Å². The summed E-state index contributed by atoms with van der Waals surface area (Å²) >= 11 is 0. The van der Waals surface area contributed by atoms with E-state index in [4.69, 9.17) is 5.11 Å². The first-order chi connectivity index (χ1) is 11.8. The van der Waals surface area contributed by atoms with Gasteiger partial charge in [0.1, 0.15) is 6.04 Å². The zero-order valence-electron chi connectivity index (χ0n) is 13.3. The van der Waals surface area contributed by atoms with Gasteiger partial charge in [0.05, 0.1) is 22.7 Å². The van der Waals surface area contributed by atoms with Crippen molar-refractivity contribution in [1.82, 2.24) is 0 Å². The predicted octanol–water partition coefficient (Wildman–Crippen LogP) is 1.99. The van der Waals surface area contributed by atoms with Gasteiger partial charge in [0.15, 0.2) is 0 Å². The van der Waals surface area contributed by atoms with E-state index in [1.165, 1.54) is 18.2 Å². The van der Waals surface area contributed by atoms with Crippen molar-refractivity contribution in [3.05, 3.63) is 54.1 Å². The van der Waals surface area contributed by atoms with Crippen LogP contribution < -0.4 is 9.62 Å². The maximum atomic E-state index is 13.2. The molecule has 0 saturated carbocycles. The van der Waals surface area contributed by atoms with Crippen LogP contribution in [0.25, 0.3) is 0 Å². The summed E-state index contributed by atoms with van der Waals surface area (Å²) in [6, 6.07) is 11.2. The van der Waals surface area contributed by atoms with Crippen molar-refractivity contribution < 1.29 is 23.1 Å². The number of benzene rings is 2. The quantitative estimate of drug-likeness (QED) is 0.868. The van der Waals surface area contributed by atoms with Gasteiger partial charge in [-0.1, -0.05) is 29.8 Å². The monoisotopic (exact) mass is 360 g/mol. The first-order valence-electron chi connectivity index (χ1n) is 7.53. The number of sulfonamides is 1. The number of hydrogen-bond donors (Lipinski definition) is 2. The van der Waals surface area contributed by atoms with Crippen LogP contribution in [-0.2, 0) is 19.6 Å². The third kappa shape index (κ3) is 3.08. The molecule has 0 spiro atoms. The Labute approximate surface area is 144 Å². The van der Waals surface area contributed by atoms with E-state index >= 15 is 0 Å². The van der Waals surface area contributed by atoms with Gasteiger partial charge in [0.25, 0.3) is 10.0 Å². The zero-order chi connectivity index (χ0) is 18.2. The standard InChI is InChI=1S/C17H16N2O5S/c1-11-6-8-12(9-7-11)25(23,24)19-14-5-3-2-4-13(14)18-17(22)15(19)10-16(20)21/h2-9,15H,10H2,1H3,(H,18,22)(H,20,21). The molecule has 0 saturated heterocycles. The Balaban J connectivity index is 2.18. The molecule has 1 atom stereocenters. The minimum Gasteiger partial charge on any atom is -0.481 e. The second kappa shape index (κ2) is 6.21. The molecule has 1 unspecified atom stereocenters. The van der Waals surface area contributed by atoms with E-state index < -0.39 is 34.4 Å². The van der Waals surface area contributed by atoms with E-state index in [0.717, 1.165) is 9.87 Å². The molecule has 3 rings (SSSR count). The summed E-state index contributed by atoms with van der Waals surface area (Å²) < 4.78 is 27.2. The number of fused-ring (bicyclic) bond motifs is 1. The lowest BCUT2D eigenvalue weighted by Crippen LogP contribution is -2.51. The number of para-hydroxylation sites is 2. The van der Waals surface area contributed by atoms with Crippen LogP contribution in [0.1, 0.15) is 12.0 Å². The van der Waals surface area contributed by atoms with E-state index in [1.807, 2.05) is 6.92 Å². The van der Waals surface area contributed by atoms with Gasteiger partial charge in [-0.25, -0.2) is 8.42 Å². The summed E-state index contributed by atoms with van der Waals surface area (Å²) in [6.07, 6.45) is -0.634. The van der Waals surface area contributed by atoms with Crippen LogP contribution in [0.15, 0.2) is 53.4 Å². The molecule has 0 bridgehead atoms. The average molecular weight is 360 g/mol. The first-order valence-corrected chi connectivity index (χ1v) is 8.97. The Morgan fingerprint density at radius 2 is 1.80 bits per heavy atom. The molecule has 0 fully saturated rings. The Bertz CT molecular complexity index is 938. The summed E-state index contributed by atoms with van der Waals surface area (Å²) in [7, 11) is -4.11. The van der Waals surface area contributed by atoms with E-state index in [-0.39, 0.29) is 10.6 Å². The number of aliphatic carboxylic acids is 1. The SMILES string of the molecule is Cc1ccc(S(=O)(=O)N2c3ccccc3NC(=O)C2CC(=O)O)cc1. The summed E-state index contributed by atoms with van der Waals surface area (Å²) in [5, 5.41) is 11.7. The van der Waals surface area contributed by atoms with Crippen molar-refractivity contribution in [3.63, 3.8) is 0 Å². The Hall–Kier alpha value is -2.87. The van der Waals surface area contributed by atoms with Crippen molar-refractivity contribution >= 4 is 33.3 Å². The number of nitrogens with one attached hydrogen (secondary N) is 1. The summed E-state index contributed by atoms with van der Waals surface area (Å²) in [4.78, 5) is 23.5. The third-order valence-electron chi connectivity index (χ3n) is 3.93. The van der Waals surface area contributed by atoms with Crippen LogP contribution in [0, 0.1) is 6.92 Å². The van der Waals surface area contributed by atoms with Gasteiger partial charge in [-0.2, -0.15) is 0 Å². The molecule has 25 heavy (non-hydrogen) atoms. The molecular formula is C17H16N2O5S. The number of carboxylic acid groups (broad SMARTS) is 1. The van der Waals surface area contributed by atoms with Gasteiger partial charge in [-0.05, 0) is 31.2 Å². The molecule has 0 aliphatic carbocycles. The van der Waals surface area contributed by atoms with E-state index in [9.17, 15) is 18.0 Å². The van der Waals surface area contributed by atoms with Gasteiger partial charge in [-0.3, -0.25) is 13.9 Å². The second-order valence-electron chi connectivity index (χ2n) is 5.73. The fourth-order valence-corrected chi connectivity index (χ4v) is 4.35. The molecule has 2 N–H and O–H groups in total. The predicted molar refractivity (Wildman–Crippen MR) is 92.0 cm³/mol. The summed E-state index contributed by atoms with van der Waals surface area (Å²) in [5.41, 5.74) is 1.46. The van der Waals surface area contributed by atoms with Gasteiger partial charge >= 0.3 is 5.97 Å². The number of hydrogen-bond acceptors (Lipinski definition) is 4. The highest BCUT2D eigenvalue weighted by molar-refractivity contribution is 7.93. The number of aryl methyl sites for hydroxylation is 1. The van der Waals surface area contributed by atoms with Crippen LogP contribution in [0.3, 0.4) is 0 Å². The van der Waals surface area contributed by atoms with Crippen LogP contribution >= 0.6 is 0 Å². The van der Waals surface area contributed by atoms with Crippen molar-refractivity contribution in [2.45, 2.75) is 24.3 Å². The van der Waals surface area contributed by atoms with E-state index in [0.29, 0.717) is 5.69 Å². The molecule has 1 heterocycles. The van der Waals surface area contributed by atoms with E-state index in [2.05, 4.69) is 5.32 Å². The highest BCUT2D eigenvalue weighted by atomic mass is 32.2. The number of amides is 1. The molecule has 8 heteroatoms. The number of rotatable bonds is 4. The van der Waals surface area contributed by atoms with Gasteiger partial charge in [-0.15, -0.1) is 0 Å². The maximum absolute atomic E-state index is 13.2. The molecule has 1 amide bonds. The van der Waals surface area contributed by atoms with Gasteiger partial charge in [0.2, 0.25) is 5.91 Å². The van der Waals surface area contributed by atoms with Crippen molar-refractivity contribution in [2.75, 3.05) is 9.62 Å². The lowest BCUT2D eigenvalue weighted by Gasteiger charge is -2.36. The fraction of sp³-hybridized carbons (Fsp3) is 0.176. The van der Waals surface area contributed by atoms with Crippen LogP contribution in [-0.4, -0.2) is 31.4 Å². The van der Waals surface area contributed by atoms with Crippen molar-refractivity contribution in [1.29, 1.82) is 0 Å². The third-order valence-corrected chi connectivity index (χ3v) is 5.77. The van der Waals surface area contributed by atoms with Crippen molar-refractivity contribution in [2.24, 2.45) is 0 Å². The first kappa shape index (κ1) is 17.0. The molecule has 2 aromatic rings. The minimum absolute atomic E-state index is 0.00186. The summed E-state index contributed by atoms with van der Waals surface area (Å²) in [6.45, 7) is 1.83. The number of nitrogens with zero attached hydrogens (tertiary/aromatic N) is 1. The van der Waals surface area contributed by atoms with Crippen LogP contribution in [0.2, 0.25) is 0 Å². The Kier molecular flexibility index (Phi) is 4.22. The highest BCUT2D eigenvalue weighted by Crippen LogP contribution is 2.37. The van der Waals surface area contributed by atoms with Crippen molar-refractivity contribution in [3.8, 4) is 0 Å². The number of carboxylic acids is 1. The Morgan fingerprint density at radius 1 is 1.16 bits per heavy atom. The topological polar surface area (TPSA) is 104 Å². The Morgan fingerprint density at radius 3 is 2.44 bits per heavy atom. The van der Waals surface area contributed by atoms with E-state index in [1.54, 1.807) is 30.3 Å². The molecule has 2 aromatic carbocycles.